The third-order valence-electron chi connectivity index (χ3n) is 4.07. The maximum Gasteiger partial charge on any atom is 0.257 e. The van der Waals surface area contributed by atoms with E-state index in [1.807, 2.05) is 29.2 Å². The van der Waals surface area contributed by atoms with Gasteiger partial charge in [-0.3, -0.25) is 4.79 Å². The number of carbonyl (C=O) groups excluding carboxylic acids is 1. The number of nitrogens with two attached hydrogens (primary N) is 1. The smallest absolute Gasteiger partial charge is 0.257 e. The molecular formula is C17H24N2O2. The van der Waals surface area contributed by atoms with Gasteiger partial charge in [0.1, 0.15) is 12.4 Å². The molecule has 1 atom stereocenters. The van der Waals surface area contributed by atoms with E-state index in [2.05, 4.69) is 20.4 Å². The van der Waals surface area contributed by atoms with Crippen molar-refractivity contribution in [1.29, 1.82) is 0 Å². The summed E-state index contributed by atoms with van der Waals surface area (Å²) in [5, 5.41) is 0. The highest BCUT2D eigenvalue weighted by Gasteiger charge is 2.36. The monoisotopic (exact) mass is 288 g/mol. The molecule has 1 unspecified atom stereocenters. The van der Waals surface area contributed by atoms with E-state index >= 15 is 0 Å². The summed E-state index contributed by atoms with van der Waals surface area (Å²) in [7, 11) is 0. The maximum absolute atomic E-state index is 12.8. The lowest BCUT2D eigenvalue weighted by molar-refractivity contribution is 0.0529. The number of rotatable bonds is 4. The lowest BCUT2D eigenvalue weighted by atomic mass is 9.79. The number of ether oxygens (including phenoxy) is 1. The minimum atomic E-state index is -0.0647. The highest BCUT2D eigenvalue weighted by Crippen LogP contribution is 2.30. The van der Waals surface area contributed by atoms with Crippen molar-refractivity contribution in [2.24, 2.45) is 11.1 Å². The zero-order valence-corrected chi connectivity index (χ0v) is 12.8. The molecule has 0 aromatic heterocycles. The second-order valence-electron chi connectivity index (χ2n) is 6.21. The van der Waals surface area contributed by atoms with Gasteiger partial charge in [0.15, 0.2) is 0 Å². The largest absolute Gasteiger partial charge is 0.489 e. The van der Waals surface area contributed by atoms with E-state index in [-0.39, 0.29) is 17.4 Å². The Balaban J connectivity index is 2.18. The number of nitrogens with zero attached hydrogens (tertiary/aromatic N) is 1. The van der Waals surface area contributed by atoms with Gasteiger partial charge in [-0.05, 0) is 24.0 Å². The third-order valence-corrected chi connectivity index (χ3v) is 4.07. The van der Waals surface area contributed by atoms with Crippen LogP contribution in [0.5, 0.6) is 5.75 Å². The molecule has 1 saturated heterocycles. The molecule has 2 rings (SSSR count). The van der Waals surface area contributed by atoms with E-state index in [0.717, 1.165) is 6.42 Å². The van der Waals surface area contributed by atoms with Gasteiger partial charge in [-0.2, -0.15) is 0 Å². The Morgan fingerprint density at radius 1 is 1.52 bits per heavy atom. The summed E-state index contributed by atoms with van der Waals surface area (Å²) >= 11 is 0. The molecular weight excluding hydrogens is 264 g/mol. The summed E-state index contributed by atoms with van der Waals surface area (Å²) in [6, 6.07) is 7.48. The lowest BCUT2D eigenvalue weighted by Crippen LogP contribution is -2.54. The number of amides is 1. The van der Waals surface area contributed by atoms with E-state index in [4.69, 9.17) is 10.5 Å². The van der Waals surface area contributed by atoms with Crippen LogP contribution in [0.1, 0.15) is 30.6 Å². The molecule has 114 valence electrons. The Bertz CT molecular complexity index is 525. The second-order valence-corrected chi connectivity index (χ2v) is 6.21. The first kappa shape index (κ1) is 15.6. The average molecular weight is 288 g/mol. The molecule has 0 spiro atoms. The van der Waals surface area contributed by atoms with Crippen LogP contribution in [0.15, 0.2) is 36.9 Å². The summed E-state index contributed by atoms with van der Waals surface area (Å²) < 4.78 is 5.58. The molecule has 1 heterocycles. The summed E-state index contributed by atoms with van der Waals surface area (Å²) in [6.45, 7) is 9.60. The lowest BCUT2D eigenvalue weighted by Gasteiger charge is -2.42. The first-order valence-electron chi connectivity index (χ1n) is 7.33. The fraction of sp³-hybridized carbons (Fsp3) is 0.471. The van der Waals surface area contributed by atoms with Crippen molar-refractivity contribution in [3.05, 3.63) is 42.5 Å². The van der Waals surface area contributed by atoms with Crippen molar-refractivity contribution in [3.8, 4) is 5.75 Å². The molecule has 1 aromatic carbocycles. The molecule has 1 aliphatic heterocycles. The third kappa shape index (κ3) is 3.45. The van der Waals surface area contributed by atoms with E-state index in [0.29, 0.717) is 31.0 Å². The van der Waals surface area contributed by atoms with Gasteiger partial charge < -0.3 is 15.4 Å². The van der Waals surface area contributed by atoms with E-state index in [1.54, 1.807) is 6.08 Å². The molecule has 1 aromatic rings. The van der Waals surface area contributed by atoms with Crippen LogP contribution in [-0.4, -0.2) is 36.5 Å². The van der Waals surface area contributed by atoms with Gasteiger partial charge in [0.25, 0.3) is 5.91 Å². The summed E-state index contributed by atoms with van der Waals surface area (Å²) in [6.07, 6.45) is 2.50. The highest BCUT2D eigenvalue weighted by atomic mass is 16.5. The van der Waals surface area contributed by atoms with Gasteiger partial charge in [-0.15, -0.1) is 0 Å². The molecule has 1 aliphatic rings. The Hall–Kier alpha value is -1.81. The van der Waals surface area contributed by atoms with Gasteiger partial charge in [0.2, 0.25) is 0 Å². The second kappa shape index (κ2) is 6.31. The predicted molar refractivity (Wildman–Crippen MR) is 84.4 cm³/mol. The van der Waals surface area contributed by atoms with E-state index in [1.165, 1.54) is 0 Å². The summed E-state index contributed by atoms with van der Waals surface area (Å²) in [5.41, 5.74) is 6.67. The van der Waals surface area contributed by atoms with Crippen molar-refractivity contribution in [2.75, 3.05) is 19.7 Å². The number of piperidine rings is 1. The van der Waals surface area contributed by atoms with Gasteiger partial charge in [0, 0.05) is 19.1 Å². The summed E-state index contributed by atoms with van der Waals surface area (Å²) in [4.78, 5) is 14.6. The number of para-hydroxylation sites is 1. The Morgan fingerprint density at radius 2 is 2.24 bits per heavy atom. The Labute approximate surface area is 126 Å². The van der Waals surface area contributed by atoms with Crippen LogP contribution < -0.4 is 10.5 Å². The Kier molecular flexibility index (Phi) is 4.68. The molecule has 1 fully saturated rings. The quantitative estimate of drug-likeness (QED) is 0.866. The van der Waals surface area contributed by atoms with Gasteiger partial charge in [0.05, 0.1) is 5.56 Å². The fourth-order valence-corrected chi connectivity index (χ4v) is 2.64. The van der Waals surface area contributed by atoms with Crippen LogP contribution in [0.3, 0.4) is 0 Å². The Morgan fingerprint density at radius 3 is 2.90 bits per heavy atom. The molecule has 1 amide bonds. The van der Waals surface area contributed by atoms with Crippen LogP contribution in [0.4, 0.5) is 0 Å². The summed E-state index contributed by atoms with van der Waals surface area (Å²) in [5.74, 6) is 0.615. The van der Waals surface area contributed by atoms with E-state index < -0.39 is 0 Å². The molecule has 0 radical (unpaired) electrons. The van der Waals surface area contributed by atoms with Crippen LogP contribution in [0, 0.1) is 5.41 Å². The minimum absolute atomic E-state index is 0.00892. The van der Waals surface area contributed by atoms with E-state index in [9.17, 15) is 4.79 Å². The molecule has 0 bridgehead atoms. The number of benzene rings is 1. The average Bonchev–Trinajstić information content (AvgIpc) is 2.47. The topological polar surface area (TPSA) is 55.6 Å². The van der Waals surface area contributed by atoms with Crippen LogP contribution in [0.25, 0.3) is 0 Å². The van der Waals surface area contributed by atoms with Crippen molar-refractivity contribution in [1.82, 2.24) is 4.90 Å². The number of hydrogen-bond acceptors (Lipinski definition) is 3. The normalized spacial score (nSPS) is 20.9. The first-order valence-corrected chi connectivity index (χ1v) is 7.33. The van der Waals surface area contributed by atoms with Crippen LogP contribution in [-0.2, 0) is 0 Å². The molecule has 2 N–H and O–H groups in total. The molecule has 21 heavy (non-hydrogen) atoms. The molecule has 0 aliphatic carbocycles. The number of hydrogen-bond donors (Lipinski definition) is 1. The van der Waals surface area contributed by atoms with Crippen molar-refractivity contribution >= 4 is 5.91 Å². The van der Waals surface area contributed by atoms with Crippen molar-refractivity contribution < 1.29 is 9.53 Å². The van der Waals surface area contributed by atoms with Gasteiger partial charge in [-0.1, -0.05) is 38.6 Å². The molecule has 0 saturated carbocycles. The number of likely N-dealkylation sites (tertiary alicyclic amines) is 1. The maximum atomic E-state index is 12.8. The van der Waals surface area contributed by atoms with Crippen LogP contribution >= 0.6 is 0 Å². The highest BCUT2D eigenvalue weighted by molar-refractivity contribution is 5.97. The zero-order valence-electron chi connectivity index (χ0n) is 12.8. The fourth-order valence-electron chi connectivity index (χ4n) is 2.64. The molecule has 4 nitrogen and oxygen atoms in total. The minimum Gasteiger partial charge on any atom is -0.489 e. The predicted octanol–water partition coefficient (Wildman–Crippen LogP) is 2.45. The first-order chi connectivity index (χ1) is 9.95. The van der Waals surface area contributed by atoms with Gasteiger partial charge in [-0.25, -0.2) is 0 Å². The van der Waals surface area contributed by atoms with Crippen molar-refractivity contribution in [2.45, 2.75) is 26.3 Å². The van der Waals surface area contributed by atoms with Crippen LogP contribution in [0.2, 0.25) is 0 Å². The SMILES string of the molecule is C=CCOc1ccccc1C(=O)N1CCC(N)C(C)(C)C1. The number of carbonyl (C=O) groups is 1. The molecule has 4 heteroatoms. The van der Waals surface area contributed by atoms with Gasteiger partial charge >= 0.3 is 0 Å². The standard InChI is InChI=1S/C17H24N2O2/c1-4-11-21-14-8-6-5-7-13(14)16(20)19-10-9-15(18)17(2,3)12-19/h4-8,15H,1,9-12,18H2,2-3H3. The zero-order chi connectivity index (χ0) is 15.5. The van der Waals surface area contributed by atoms with Crippen molar-refractivity contribution in [3.63, 3.8) is 0 Å².